The van der Waals surface area contributed by atoms with Crippen LogP contribution in [0.2, 0.25) is 0 Å². The molecule has 0 heterocycles. The number of benzene rings is 1. The fraction of sp³-hybridized carbons (Fsp3) is 0.462. The number of hydrogen-bond acceptors (Lipinski definition) is 3. The number of nitrogens with two attached hydrogens (primary N) is 1. The third-order valence-corrected chi connectivity index (χ3v) is 3.05. The molecule has 0 unspecified atom stereocenters. The summed E-state index contributed by atoms with van der Waals surface area (Å²) in [6.07, 6.45) is 0.565. The van der Waals surface area contributed by atoms with Gasteiger partial charge >= 0.3 is 6.09 Å². The molecule has 0 fully saturated rings. The second-order valence-electron chi connectivity index (χ2n) is 4.17. The van der Waals surface area contributed by atoms with Crippen LogP contribution in [0.4, 0.5) is 4.79 Å². The molecule has 1 amide bonds. The lowest BCUT2D eigenvalue weighted by atomic mass is 10.0. The highest BCUT2D eigenvalue weighted by atomic mass is 16.5. The van der Waals surface area contributed by atoms with Crippen molar-refractivity contribution in [3.8, 4) is 5.75 Å². The molecule has 1 rings (SSSR count). The standard InChI is InChI=1S/C13H20N2O3/c1-15(13(16)17)11(9-14)6-3-10-4-7-12(18-2)8-5-10/h4-5,7-8,11H,3,6,9,14H2,1-2H3,(H,16,17)/t11-/m0/s1. The van der Waals surface area contributed by atoms with Crippen molar-refractivity contribution in [2.45, 2.75) is 18.9 Å². The van der Waals surface area contributed by atoms with Gasteiger partial charge in [0.1, 0.15) is 5.75 Å². The molecule has 1 aromatic rings. The molecular weight excluding hydrogens is 232 g/mol. The number of hydrogen-bond donors (Lipinski definition) is 2. The number of aryl methyl sites for hydroxylation is 1. The van der Waals surface area contributed by atoms with Gasteiger partial charge in [-0.05, 0) is 30.5 Å². The monoisotopic (exact) mass is 252 g/mol. The summed E-state index contributed by atoms with van der Waals surface area (Å²) in [5.74, 6) is 0.816. The van der Waals surface area contributed by atoms with E-state index in [2.05, 4.69) is 0 Å². The molecule has 0 aliphatic heterocycles. The minimum Gasteiger partial charge on any atom is -0.497 e. The van der Waals surface area contributed by atoms with Crippen molar-refractivity contribution < 1.29 is 14.6 Å². The van der Waals surface area contributed by atoms with Crippen LogP contribution in [0.3, 0.4) is 0 Å². The van der Waals surface area contributed by atoms with Gasteiger partial charge in [0.15, 0.2) is 0 Å². The zero-order valence-corrected chi connectivity index (χ0v) is 10.8. The van der Waals surface area contributed by atoms with Crippen molar-refractivity contribution in [1.82, 2.24) is 4.90 Å². The lowest BCUT2D eigenvalue weighted by molar-refractivity contribution is 0.137. The Morgan fingerprint density at radius 2 is 2.06 bits per heavy atom. The maximum absolute atomic E-state index is 10.8. The van der Waals surface area contributed by atoms with Crippen molar-refractivity contribution in [2.75, 3.05) is 20.7 Å². The van der Waals surface area contributed by atoms with E-state index in [1.165, 1.54) is 4.90 Å². The van der Waals surface area contributed by atoms with E-state index in [1.807, 2.05) is 24.3 Å². The van der Waals surface area contributed by atoms with Crippen LogP contribution in [-0.2, 0) is 6.42 Å². The van der Waals surface area contributed by atoms with Crippen molar-refractivity contribution in [1.29, 1.82) is 0 Å². The minimum atomic E-state index is -0.944. The molecule has 0 spiro atoms. The third kappa shape index (κ3) is 3.92. The van der Waals surface area contributed by atoms with Crippen LogP contribution in [-0.4, -0.2) is 42.8 Å². The largest absolute Gasteiger partial charge is 0.497 e. The zero-order valence-electron chi connectivity index (χ0n) is 10.8. The Kier molecular flexibility index (Phi) is 5.45. The molecule has 0 aliphatic carbocycles. The summed E-state index contributed by atoms with van der Waals surface area (Å²) in [5, 5.41) is 8.90. The first kappa shape index (κ1) is 14.3. The van der Waals surface area contributed by atoms with Crippen LogP contribution < -0.4 is 10.5 Å². The highest BCUT2D eigenvalue weighted by molar-refractivity contribution is 5.65. The minimum absolute atomic E-state index is 0.149. The van der Waals surface area contributed by atoms with E-state index in [0.717, 1.165) is 17.7 Å². The summed E-state index contributed by atoms with van der Waals surface area (Å²) in [4.78, 5) is 12.1. The van der Waals surface area contributed by atoms with Gasteiger partial charge in [0.25, 0.3) is 0 Å². The topological polar surface area (TPSA) is 75.8 Å². The molecule has 1 atom stereocenters. The number of carbonyl (C=O) groups is 1. The maximum Gasteiger partial charge on any atom is 0.407 e. The smallest absolute Gasteiger partial charge is 0.407 e. The zero-order chi connectivity index (χ0) is 13.5. The Bertz CT molecular complexity index is 378. The molecule has 0 aliphatic rings. The Labute approximate surface area is 107 Å². The van der Waals surface area contributed by atoms with Gasteiger partial charge < -0.3 is 20.5 Å². The van der Waals surface area contributed by atoms with E-state index >= 15 is 0 Å². The summed E-state index contributed by atoms with van der Waals surface area (Å²) < 4.78 is 5.08. The molecule has 0 saturated carbocycles. The highest BCUT2D eigenvalue weighted by Gasteiger charge is 2.17. The Hall–Kier alpha value is -1.75. The molecule has 3 N–H and O–H groups in total. The molecule has 0 radical (unpaired) electrons. The number of nitrogens with zero attached hydrogens (tertiary/aromatic N) is 1. The van der Waals surface area contributed by atoms with Crippen LogP contribution in [0, 0.1) is 0 Å². The van der Waals surface area contributed by atoms with Gasteiger partial charge in [0.2, 0.25) is 0 Å². The van der Waals surface area contributed by atoms with Gasteiger partial charge in [-0.25, -0.2) is 4.79 Å². The predicted octanol–water partition coefficient (Wildman–Crippen LogP) is 1.56. The summed E-state index contributed by atoms with van der Waals surface area (Å²) in [6, 6.07) is 7.60. The fourth-order valence-corrected chi connectivity index (χ4v) is 1.75. The van der Waals surface area contributed by atoms with Crippen molar-refractivity contribution >= 4 is 6.09 Å². The van der Waals surface area contributed by atoms with E-state index in [-0.39, 0.29) is 6.04 Å². The SMILES string of the molecule is COc1ccc(CC[C@@H](CN)N(C)C(=O)O)cc1. The van der Waals surface area contributed by atoms with Crippen LogP contribution >= 0.6 is 0 Å². The van der Waals surface area contributed by atoms with Gasteiger partial charge in [-0.15, -0.1) is 0 Å². The first-order valence-corrected chi connectivity index (χ1v) is 5.87. The summed E-state index contributed by atoms with van der Waals surface area (Å²) in [5.41, 5.74) is 6.74. The normalized spacial score (nSPS) is 11.9. The van der Waals surface area contributed by atoms with Crippen molar-refractivity contribution in [2.24, 2.45) is 5.73 Å². The number of amides is 1. The van der Waals surface area contributed by atoms with Crippen molar-refractivity contribution in [3.05, 3.63) is 29.8 Å². The second-order valence-corrected chi connectivity index (χ2v) is 4.17. The van der Waals surface area contributed by atoms with Crippen LogP contribution in [0.15, 0.2) is 24.3 Å². The third-order valence-electron chi connectivity index (χ3n) is 3.05. The molecule has 5 nitrogen and oxygen atoms in total. The van der Waals surface area contributed by atoms with Crippen LogP contribution in [0.5, 0.6) is 5.75 Å². The quantitative estimate of drug-likeness (QED) is 0.805. The average Bonchev–Trinajstić information content (AvgIpc) is 2.39. The molecular formula is C13H20N2O3. The Morgan fingerprint density at radius 1 is 1.44 bits per heavy atom. The Balaban J connectivity index is 2.54. The van der Waals surface area contributed by atoms with Gasteiger partial charge in [-0.1, -0.05) is 12.1 Å². The van der Waals surface area contributed by atoms with Gasteiger partial charge in [-0.2, -0.15) is 0 Å². The Morgan fingerprint density at radius 3 is 2.50 bits per heavy atom. The molecule has 5 heteroatoms. The van der Waals surface area contributed by atoms with E-state index in [1.54, 1.807) is 14.2 Å². The molecule has 0 bridgehead atoms. The number of carboxylic acid groups (broad SMARTS) is 1. The van der Waals surface area contributed by atoms with E-state index in [4.69, 9.17) is 15.6 Å². The summed E-state index contributed by atoms with van der Waals surface area (Å²) in [7, 11) is 3.18. The fourth-order valence-electron chi connectivity index (χ4n) is 1.75. The molecule has 100 valence electrons. The van der Waals surface area contributed by atoms with Crippen LogP contribution in [0.1, 0.15) is 12.0 Å². The highest BCUT2D eigenvalue weighted by Crippen LogP contribution is 2.14. The molecule has 1 aromatic carbocycles. The number of rotatable bonds is 6. The second kappa shape index (κ2) is 6.86. The molecule has 18 heavy (non-hydrogen) atoms. The number of ether oxygens (including phenoxy) is 1. The first-order valence-electron chi connectivity index (χ1n) is 5.87. The van der Waals surface area contributed by atoms with Gasteiger partial charge in [0, 0.05) is 19.6 Å². The first-order chi connectivity index (χ1) is 8.58. The maximum atomic E-state index is 10.8. The van der Waals surface area contributed by atoms with E-state index in [9.17, 15) is 4.79 Å². The average molecular weight is 252 g/mol. The lowest BCUT2D eigenvalue weighted by Gasteiger charge is -2.24. The van der Waals surface area contributed by atoms with E-state index in [0.29, 0.717) is 13.0 Å². The van der Waals surface area contributed by atoms with Gasteiger partial charge in [-0.3, -0.25) is 0 Å². The number of likely N-dealkylation sites (N-methyl/N-ethyl adjacent to an activating group) is 1. The predicted molar refractivity (Wildman–Crippen MR) is 69.9 cm³/mol. The summed E-state index contributed by atoms with van der Waals surface area (Å²) >= 11 is 0. The molecule has 0 aromatic heterocycles. The van der Waals surface area contributed by atoms with Crippen molar-refractivity contribution in [3.63, 3.8) is 0 Å². The molecule has 0 saturated heterocycles. The lowest BCUT2D eigenvalue weighted by Crippen LogP contribution is -2.41. The summed E-state index contributed by atoms with van der Waals surface area (Å²) in [6.45, 7) is 0.332. The van der Waals surface area contributed by atoms with Gasteiger partial charge in [0.05, 0.1) is 7.11 Å². The van der Waals surface area contributed by atoms with Crippen LogP contribution in [0.25, 0.3) is 0 Å². The van der Waals surface area contributed by atoms with E-state index < -0.39 is 6.09 Å². The number of methoxy groups -OCH3 is 1.